The van der Waals surface area contributed by atoms with Gasteiger partial charge in [0.05, 0.1) is 0 Å². The van der Waals surface area contributed by atoms with Crippen molar-refractivity contribution in [1.82, 2.24) is 4.72 Å². The highest BCUT2D eigenvalue weighted by molar-refractivity contribution is 7.91. The molecule has 0 saturated heterocycles. The summed E-state index contributed by atoms with van der Waals surface area (Å²) in [4.78, 5) is 0.380. The van der Waals surface area contributed by atoms with Crippen LogP contribution in [-0.2, 0) is 10.0 Å². The second kappa shape index (κ2) is 4.57. The summed E-state index contributed by atoms with van der Waals surface area (Å²) in [5, 5.41) is 8.57. The van der Waals surface area contributed by atoms with Gasteiger partial charge in [0.1, 0.15) is 15.2 Å². The maximum Gasteiger partial charge on any atom is 0.250 e. The fraction of sp³-hybridized carbons (Fsp3) is 0.222. The van der Waals surface area contributed by atoms with Gasteiger partial charge in [-0.2, -0.15) is 5.26 Å². The molecular formula is C9H10N2O2S2. The van der Waals surface area contributed by atoms with Crippen LogP contribution in [-0.4, -0.2) is 15.0 Å². The quantitative estimate of drug-likeness (QED) is 0.813. The Bertz CT molecular complexity index is 508. The Hall–Kier alpha value is -1.16. The van der Waals surface area contributed by atoms with Gasteiger partial charge in [-0.1, -0.05) is 12.2 Å². The molecule has 4 nitrogen and oxygen atoms in total. The van der Waals surface area contributed by atoms with Crippen LogP contribution in [0.2, 0.25) is 0 Å². The molecule has 0 aliphatic rings. The van der Waals surface area contributed by atoms with Gasteiger partial charge in [0, 0.05) is 6.54 Å². The molecule has 80 valence electrons. The number of sulfonamides is 1. The number of thiophene rings is 1. The lowest BCUT2D eigenvalue weighted by molar-refractivity contribution is 0.587. The van der Waals surface area contributed by atoms with Gasteiger partial charge in [0.15, 0.2) is 0 Å². The highest BCUT2D eigenvalue weighted by atomic mass is 32.2. The van der Waals surface area contributed by atoms with E-state index in [1.165, 1.54) is 12.1 Å². The molecule has 0 atom stereocenters. The van der Waals surface area contributed by atoms with Crippen LogP contribution in [0.1, 0.15) is 11.8 Å². The van der Waals surface area contributed by atoms with E-state index in [1.54, 1.807) is 6.92 Å². The summed E-state index contributed by atoms with van der Waals surface area (Å²) in [6, 6.07) is 4.80. The third-order valence-corrected chi connectivity index (χ3v) is 4.40. The third kappa shape index (κ3) is 3.16. The van der Waals surface area contributed by atoms with E-state index in [1.807, 2.05) is 6.07 Å². The molecular weight excluding hydrogens is 232 g/mol. The van der Waals surface area contributed by atoms with Crippen LogP contribution in [0.4, 0.5) is 0 Å². The number of rotatable bonds is 4. The summed E-state index contributed by atoms with van der Waals surface area (Å²) in [5.41, 5.74) is 0.732. The van der Waals surface area contributed by atoms with Crippen molar-refractivity contribution in [1.29, 1.82) is 5.26 Å². The summed E-state index contributed by atoms with van der Waals surface area (Å²) in [6.45, 7) is 5.54. The average Bonchev–Trinajstić information content (AvgIpc) is 2.63. The average molecular weight is 242 g/mol. The van der Waals surface area contributed by atoms with Gasteiger partial charge in [0.2, 0.25) is 10.0 Å². The minimum atomic E-state index is -3.49. The summed E-state index contributed by atoms with van der Waals surface area (Å²) in [6.07, 6.45) is 0. The normalized spacial score (nSPS) is 10.9. The Labute approximate surface area is 92.9 Å². The predicted molar refractivity (Wildman–Crippen MR) is 59.0 cm³/mol. The van der Waals surface area contributed by atoms with Crippen LogP contribution < -0.4 is 4.72 Å². The van der Waals surface area contributed by atoms with Crippen molar-refractivity contribution in [2.45, 2.75) is 11.1 Å². The second-order valence-electron chi connectivity index (χ2n) is 3.01. The molecule has 0 spiro atoms. The second-order valence-corrected chi connectivity index (χ2v) is 6.09. The molecule has 0 unspecified atom stereocenters. The molecule has 0 aromatic carbocycles. The van der Waals surface area contributed by atoms with E-state index in [-0.39, 0.29) is 10.8 Å². The van der Waals surface area contributed by atoms with Gasteiger partial charge < -0.3 is 0 Å². The van der Waals surface area contributed by atoms with Crippen LogP contribution in [0.3, 0.4) is 0 Å². The topological polar surface area (TPSA) is 70.0 Å². The van der Waals surface area contributed by atoms with Gasteiger partial charge >= 0.3 is 0 Å². The summed E-state index contributed by atoms with van der Waals surface area (Å²) >= 11 is 0.950. The van der Waals surface area contributed by atoms with E-state index < -0.39 is 10.0 Å². The van der Waals surface area contributed by atoms with Crippen LogP contribution in [0.15, 0.2) is 28.5 Å². The van der Waals surface area contributed by atoms with Crippen LogP contribution >= 0.6 is 11.3 Å². The first-order valence-electron chi connectivity index (χ1n) is 4.09. The Balaban J connectivity index is 2.87. The predicted octanol–water partition coefficient (Wildman–Crippen LogP) is 1.47. The standard InChI is InChI=1S/C9H10N2O2S2/c1-7(2)6-11-15(12,13)9-4-3-8(5-10)14-9/h3-4,11H,1,6H2,2H3. The minimum Gasteiger partial charge on any atom is -0.206 e. The fourth-order valence-corrected chi connectivity index (χ4v) is 3.06. The van der Waals surface area contributed by atoms with E-state index in [9.17, 15) is 8.42 Å². The van der Waals surface area contributed by atoms with Gasteiger partial charge in [-0.15, -0.1) is 11.3 Å². The first kappa shape index (κ1) is 11.9. The maximum absolute atomic E-state index is 11.6. The van der Waals surface area contributed by atoms with E-state index in [0.29, 0.717) is 4.88 Å². The molecule has 15 heavy (non-hydrogen) atoms. The molecule has 0 amide bonds. The van der Waals surface area contributed by atoms with Crippen LogP contribution in [0.5, 0.6) is 0 Å². The number of hydrogen-bond acceptors (Lipinski definition) is 4. The van der Waals surface area contributed by atoms with Crippen molar-refractivity contribution >= 4 is 21.4 Å². The lowest BCUT2D eigenvalue weighted by Gasteiger charge is -2.02. The Morgan fingerprint density at radius 3 is 2.80 bits per heavy atom. The van der Waals surface area contributed by atoms with Crippen molar-refractivity contribution in [3.63, 3.8) is 0 Å². The van der Waals surface area contributed by atoms with Crippen LogP contribution in [0, 0.1) is 11.3 Å². The monoisotopic (exact) mass is 242 g/mol. The lowest BCUT2D eigenvalue weighted by Crippen LogP contribution is -2.24. The molecule has 0 radical (unpaired) electrons. The summed E-state index contributed by atoms with van der Waals surface area (Å²) < 4.78 is 25.8. The Morgan fingerprint density at radius 1 is 1.67 bits per heavy atom. The van der Waals surface area contributed by atoms with E-state index in [0.717, 1.165) is 16.9 Å². The molecule has 1 heterocycles. The molecule has 1 N–H and O–H groups in total. The summed E-state index contributed by atoms with van der Waals surface area (Å²) in [7, 11) is -3.49. The highest BCUT2D eigenvalue weighted by Crippen LogP contribution is 2.20. The van der Waals surface area contributed by atoms with Crippen LogP contribution in [0.25, 0.3) is 0 Å². The molecule has 1 aromatic rings. The minimum absolute atomic E-state index is 0.153. The SMILES string of the molecule is C=C(C)CNS(=O)(=O)c1ccc(C#N)s1. The van der Waals surface area contributed by atoms with Crippen molar-refractivity contribution in [3.05, 3.63) is 29.2 Å². The first-order chi connectivity index (χ1) is 6.95. The molecule has 0 saturated carbocycles. The number of hydrogen-bond donors (Lipinski definition) is 1. The zero-order valence-electron chi connectivity index (χ0n) is 8.15. The molecule has 0 bridgehead atoms. The number of nitrogens with zero attached hydrogens (tertiary/aromatic N) is 1. The maximum atomic E-state index is 11.6. The molecule has 0 aliphatic carbocycles. The van der Waals surface area contributed by atoms with E-state index >= 15 is 0 Å². The largest absolute Gasteiger partial charge is 0.250 e. The van der Waals surface area contributed by atoms with Crippen molar-refractivity contribution in [2.24, 2.45) is 0 Å². The number of nitriles is 1. The van der Waals surface area contributed by atoms with Gasteiger partial charge in [-0.05, 0) is 19.1 Å². The molecule has 1 aromatic heterocycles. The highest BCUT2D eigenvalue weighted by Gasteiger charge is 2.15. The fourth-order valence-electron chi connectivity index (χ4n) is 0.814. The smallest absolute Gasteiger partial charge is 0.206 e. The molecule has 6 heteroatoms. The first-order valence-corrected chi connectivity index (χ1v) is 6.39. The Morgan fingerprint density at radius 2 is 2.33 bits per heavy atom. The summed E-state index contributed by atoms with van der Waals surface area (Å²) in [5.74, 6) is 0. The lowest BCUT2D eigenvalue weighted by atomic mass is 10.4. The zero-order chi connectivity index (χ0) is 11.5. The van der Waals surface area contributed by atoms with E-state index in [2.05, 4.69) is 11.3 Å². The van der Waals surface area contributed by atoms with Gasteiger partial charge in [-0.3, -0.25) is 0 Å². The van der Waals surface area contributed by atoms with Gasteiger partial charge in [0.25, 0.3) is 0 Å². The van der Waals surface area contributed by atoms with E-state index in [4.69, 9.17) is 5.26 Å². The molecule has 0 aliphatic heterocycles. The number of nitrogens with one attached hydrogen (secondary N) is 1. The molecule has 0 fully saturated rings. The Kier molecular flexibility index (Phi) is 3.63. The molecule has 1 rings (SSSR count). The van der Waals surface area contributed by atoms with Crippen molar-refractivity contribution < 1.29 is 8.42 Å². The van der Waals surface area contributed by atoms with Crippen molar-refractivity contribution in [3.8, 4) is 6.07 Å². The van der Waals surface area contributed by atoms with Crippen molar-refractivity contribution in [2.75, 3.05) is 6.54 Å². The third-order valence-electron chi connectivity index (χ3n) is 1.52. The zero-order valence-corrected chi connectivity index (χ0v) is 9.78. The van der Waals surface area contributed by atoms with Gasteiger partial charge in [-0.25, -0.2) is 13.1 Å².